The van der Waals surface area contributed by atoms with Crippen molar-refractivity contribution in [3.8, 4) is 5.69 Å². The summed E-state index contributed by atoms with van der Waals surface area (Å²) in [4.78, 5) is 15.1. The molecule has 0 aliphatic carbocycles. The van der Waals surface area contributed by atoms with Crippen molar-refractivity contribution in [2.45, 2.75) is 13.5 Å². The highest BCUT2D eigenvalue weighted by atomic mass is 79.9. The number of thioether (sulfide) groups is 1. The number of carbonyl (C=O) groups is 1. The molecule has 4 rings (SSSR count). The maximum atomic E-state index is 12.7. The Balaban J connectivity index is 1.39. The zero-order chi connectivity index (χ0) is 20.2. The van der Waals surface area contributed by atoms with Gasteiger partial charge in [0.05, 0.1) is 23.1 Å². The maximum Gasteiger partial charge on any atom is 0.255 e. The summed E-state index contributed by atoms with van der Waals surface area (Å²) in [6.07, 6.45) is 1.63. The number of hydrogen-bond donors (Lipinski definition) is 1. The summed E-state index contributed by atoms with van der Waals surface area (Å²) in [5.74, 6) is 2.26. The summed E-state index contributed by atoms with van der Waals surface area (Å²) < 4.78 is 2.79. The lowest BCUT2D eigenvalue weighted by atomic mass is 10.1. The van der Waals surface area contributed by atoms with Gasteiger partial charge in [0.1, 0.15) is 0 Å². The van der Waals surface area contributed by atoms with Gasteiger partial charge in [-0.25, -0.2) is 4.68 Å². The van der Waals surface area contributed by atoms with E-state index in [-0.39, 0.29) is 5.91 Å². The van der Waals surface area contributed by atoms with Crippen LogP contribution in [0.1, 0.15) is 21.6 Å². The van der Waals surface area contributed by atoms with Crippen molar-refractivity contribution in [2.24, 2.45) is 0 Å². The Morgan fingerprint density at radius 2 is 1.72 bits per heavy atom. The van der Waals surface area contributed by atoms with E-state index in [0.29, 0.717) is 12.1 Å². The highest BCUT2D eigenvalue weighted by Gasteiger charge is 2.15. The van der Waals surface area contributed by atoms with Crippen LogP contribution in [0.25, 0.3) is 5.69 Å². The molecule has 1 fully saturated rings. The molecule has 1 aliphatic heterocycles. The maximum absolute atomic E-state index is 12.7. The first-order valence-corrected chi connectivity index (χ1v) is 11.6. The molecule has 0 unspecified atom stereocenters. The minimum atomic E-state index is -0.108. The number of rotatable bonds is 5. The molecule has 0 atom stereocenters. The van der Waals surface area contributed by atoms with Crippen molar-refractivity contribution < 1.29 is 4.79 Å². The van der Waals surface area contributed by atoms with Gasteiger partial charge in [-0.1, -0.05) is 28.1 Å². The van der Waals surface area contributed by atoms with Crippen LogP contribution in [0, 0.1) is 6.92 Å². The summed E-state index contributed by atoms with van der Waals surface area (Å²) in [7, 11) is 0. The summed E-state index contributed by atoms with van der Waals surface area (Å²) >= 11 is 5.45. The molecule has 5 nitrogen and oxygen atoms in total. The van der Waals surface area contributed by atoms with Crippen LogP contribution in [0.5, 0.6) is 0 Å². The number of aromatic nitrogens is 2. The Labute approximate surface area is 183 Å². The van der Waals surface area contributed by atoms with Gasteiger partial charge < -0.3 is 10.2 Å². The number of anilines is 1. The van der Waals surface area contributed by atoms with E-state index < -0.39 is 0 Å². The van der Waals surface area contributed by atoms with Crippen molar-refractivity contribution in [3.63, 3.8) is 0 Å². The number of carbonyl (C=O) groups excluding carboxylic acids is 1. The lowest BCUT2D eigenvalue weighted by Gasteiger charge is -2.28. The Hall–Kier alpha value is -2.25. The Morgan fingerprint density at radius 1 is 1.07 bits per heavy atom. The number of halogens is 1. The molecule has 29 heavy (non-hydrogen) atoms. The van der Waals surface area contributed by atoms with E-state index in [2.05, 4.69) is 55.5 Å². The van der Waals surface area contributed by atoms with Gasteiger partial charge in [0.15, 0.2) is 0 Å². The molecular formula is C22H23BrN4OS. The number of amides is 1. The van der Waals surface area contributed by atoms with Crippen LogP contribution < -0.4 is 10.2 Å². The molecule has 1 aromatic heterocycles. The SMILES string of the molecule is Cc1c(C(=O)NCc2ccc(N3CCSCC3)cc2)cnn1-c1ccc(Br)cc1. The first-order valence-electron chi connectivity index (χ1n) is 9.62. The average Bonchev–Trinajstić information content (AvgIpc) is 3.15. The molecule has 2 heterocycles. The van der Waals surface area contributed by atoms with Crippen molar-refractivity contribution in [2.75, 3.05) is 29.5 Å². The topological polar surface area (TPSA) is 50.2 Å². The van der Waals surface area contributed by atoms with E-state index in [4.69, 9.17) is 0 Å². The minimum absolute atomic E-state index is 0.108. The third kappa shape index (κ3) is 4.67. The van der Waals surface area contributed by atoms with Gasteiger partial charge in [-0.05, 0) is 48.9 Å². The highest BCUT2D eigenvalue weighted by Crippen LogP contribution is 2.20. The van der Waals surface area contributed by atoms with Gasteiger partial charge in [0, 0.05) is 41.3 Å². The lowest BCUT2D eigenvalue weighted by molar-refractivity contribution is 0.0950. The summed E-state index contributed by atoms with van der Waals surface area (Å²) in [6.45, 7) is 4.61. The van der Waals surface area contributed by atoms with Crippen molar-refractivity contribution in [1.82, 2.24) is 15.1 Å². The summed E-state index contributed by atoms with van der Waals surface area (Å²) in [5.41, 5.74) is 4.69. The largest absolute Gasteiger partial charge is 0.370 e. The first-order chi connectivity index (χ1) is 14.1. The summed E-state index contributed by atoms with van der Waals surface area (Å²) in [5, 5.41) is 7.40. The molecular weight excluding hydrogens is 448 g/mol. The molecule has 0 spiro atoms. The molecule has 150 valence electrons. The number of nitrogens with zero attached hydrogens (tertiary/aromatic N) is 3. The molecule has 1 saturated heterocycles. The molecule has 3 aromatic rings. The first kappa shape index (κ1) is 20.0. The smallest absolute Gasteiger partial charge is 0.255 e. The van der Waals surface area contributed by atoms with Crippen molar-refractivity contribution >= 4 is 39.3 Å². The van der Waals surface area contributed by atoms with Crippen molar-refractivity contribution in [1.29, 1.82) is 0 Å². The molecule has 1 N–H and O–H groups in total. The van der Waals surface area contributed by atoms with E-state index in [1.54, 1.807) is 10.9 Å². The molecule has 0 bridgehead atoms. The average molecular weight is 471 g/mol. The number of nitrogens with one attached hydrogen (secondary N) is 1. The highest BCUT2D eigenvalue weighted by molar-refractivity contribution is 9.10. The number of hydrogen-bond acceptors (Lipinski definition) is 4. The number of benzene rings is 2. The van der Waals surface area contributed by atoms with Gasteiger partial charge in [0.25, 0.3) is 5.91 Å². The Kier molecular flexibility index (Phi) is 6.25. The normalized spacial score (nSPS) is 14.1. The van der Waals surface area contributed by atoms with E-state index in [1.807, 2.05) is 43.0 Å². The fourth-order valence-corrected chi connectivity index (χ4v) is 4.57. The van der Waals surface area contributed by atoms with Gasteiger partial charge in [-0.3, -0.25) is 4.79 Å². The third-order valence-corrected chi connectivity index (χ3v) is 6.56. The van der Waals surface area contributed by atoms with Crippen LogP contribution >= 0.6 is 27.7 Å². The van der Waals surface area contributed by atoms with Crippen molar-refractivity contribution in [3.05, 3.63) is 76.0 Å². The van der Waals surface area contributed by atoms with Gasteiger partial charge in [-0.2, -0.15) is 16.9 Å². The van der Waals surface area contributed by atoms with Crippen LogP contribution in [-0.2, 0) is 6.54 Å². The minimum Gasteiger partial charge on any atom is -0.370 e. The van der Waals surface area contributed by atoms with E-state index in [9.17, 15) is 4.79 Å². The quantitative estimate of drug-likeness (QED) is 0.599. The molecule has 7 heteroatoms. The molecule has 2 aromatic carbocycles. The van der Waals surface area contributed by atoms with Crippen LogP contribution in [-0.4, -0.2) is 40.3 Å². The van der Waals surface area contributed by atoms with E-state index in [1.165, 1.54) is 17.2 Å². The molecule has 0 saturated carbocycles. The Morgan fingerprint density at radius 3 is 2.41 bits per heavy atom. The fourth-order valence-electron chi connectivity index (χ4n) is 3.40. The monoisotopic (exact) mass is 470 g/mol. The molecule has 1 aliphatic rings. The predicted molar refractivity (Wildman–Crippen MR) is 123 cm³/mol. The standard InChI is InChI=1S/C22H23BrN4OS/c1-16-21(15-25-27(16)20-8-4-18(23)5-9-20)22(28)24-14-17-2-6-19(7-3-17)26-10-12-29-13-11-26/h2-9,15H,10-14H2,1H3,(H,24,28). The van der Waals surface area contributed by atoms with Gasteiger partial charge in [0.2, 0.25) is 0 Å². The summed E-state index contributed by atoms with van der Waals surface area (Å²) in [6, 6.07) is 16.3. The third-order valence-electron chi connectivity index (χ3n) is 5.09. The molecule has 1 amide bonds. The second kappa shape index (κ2) is 9.05. The Bertz CT molecular complexity index is 979. The van der Waals surface area contributed by atoms with E-state index >= 15 is 0 Å². The second-order valence-corrected chi connectivity index (χ2v) is 9.12. The van der Waals surface area contributed by atoms with Crippen LogP contribution in [0.4, 0.5) is 5.69 Å². The second-order valence-electron chi connectivity index (χ2n) is 6.98. The zero-order valence-electron chi connectivity index (χ0n) is 16.3. The van der Waals surface area contributed by atoms with Crippen LogP contribution in [0.15, 0.2) is 59.2 Å². The van der Waals surface area contributed by atoms with Gasteiger partial charge in [-0.15, -0.1) is 0 Å². The van der Waals surface area contributed by atoms with Gasteiger partial charge >= 0.3 is 0 Å². The molecule has 0 radical (unpaired) electrons. The van der Waals surface area contributed by atoms with E-state index in [0.717, 1.165) is 34.5 Å². The fraction of sp³-hybridized carbons (Fsp3) is 0.273. The lowest BCUT2D eigenvalue weighted by Crippen LogP contribution is -2.32. The van der Waals surface area contributed by atoms with Crippen LogP contribution in [0.2, 0.25) is 0 Å². The van der Waals surface area contributed by atoms with Crippen LogP contribution in [0.3, 0.4) is 0 Å². The zero-order valence-corrected chi connectivity index (χ0v) is 18.7. The predicted octanol–water partition coefficient (Wildman–Crippen LogP) is 4.43.